The zero-order chi connectivity index (χ0) is 10.4. The van der Waals surface area contributed by atoms with Crippen LogP contribution in [-0.4, -0.2) is 11.8 Å². The van der Waals surface area contributed by atoms with Gasteiger partial charge in [0.2, 0.25) is 5.91 Å². The summed E-state index contributed by atoms with van der Waals surface area (Å²) >= 11 is 8.82. The minimum atomic E-state index is 0.00347. The lowest BCUT2D eigenvalue weighted by Crippen LogP contribution is -2.11. The topological polar surface area (TPSA) is 29.1 Å². The van der Waals surface area contributed by atoms with Crippen LogP contribution >= 0.6 is 27.5 Å². The van der Waals surface area contributed by atoms with Crippen LogP contribution < -0.4 is 5.32 Å². The molecule has 0 heterocycles. The predicted molar refractivity (Wildman–Crippen MR) is 62.7 cm³/mol. The number of hydrogen-bond donors (Lipinski definition) is 1. The second-order valence-electron chi connectivity index (χ2n) is 2.85. The van der Waals surface area contributed by atoms with Gasteiger partial charge in [-0.25, -0.2) is 0 Å². The molecule has 0 fully saturated rings. The Hall–Kier alpha value is -0.540. The van der Waals surface area contributed by atoms with Crippen molar-refractivity contribution in [2.24, 2.45) is 0 Å². The molecule has 0 atom stereocenters. The van der Waals surface area contributed by atoms with E-state index in [1.807, 2.05) is 24.3 Å². The van der Waals surface area contributed by atoms with Crippen molar-refractivity contribution in [3.8, 4) is 0 Å². The number of carbonyl (C=O) groups is 1. The third-order valence-electron chi connectivity index (χ3n) is 1.65. The molecule has 1 aromatic carbocycles. The molecule has 0 saturated heterocycles. The second kappa shape index (κ2) is 6.04. The van der Waals surface area contributed by atoms with Gasteiger partial charge in [-0.05, 0) is 24.6 Å². The zero-order valence-corrected chi connectivity index (χ0v) is 9.94. The molecule has 1 amide bonds. The van der Waals surface area contributed by atoms with Crippen molar-refractivity contribution in [3.63, 3.8) is 0 Å². The van der Waals surface area contributed by atoms with Crippen LogP contribution in [0.15, 0.2) is 28.7 Å². The van der Waals surface area contributed by atoms with Crippen LogP contribution in [0.4, 0.5) is 5.69 Å². The van der Waals surface area contributed by atoms with E-state index in [0.717, 1.165) is 10.2 Å². The van der Waals surface area contributed by atoms with Crippen molar-refractivity contribution in [2.75, 3.05) is 11.2 Å². The average molecular weight is 277 g/mol. The monoisotopic (exact) mass is 275 g/mol. The second-order valence-corrected chi connectivity index (χ2v) is 4.14. The van der Waals surface area contributed by atoms with Crippen molar-refractivity contribution >= 4 is 39.1 Å². The molecule has 0 aromatic heterocycles. The molecule has 1 rings (SSSR count). The van der Waals surface area contributed by atoms with Crippen LogP contribution in [0.25, 0.3) is 0 Å². The van der Waals surface area contributed by atoms with Crippen LogP contribution in [0.2, 0.25) is 0 Å². The van der Waals surface area contributed by atoms with Gasteiger partial charge in [0.15, 0.2) is 0 Å². The molecule has 0 spiro atoms. The molecule has 14 heavy (non-hydrogen) atoms. The van der Waals surface area contributed by atoms with Crippen LogP contribution in [0.5, 0.6) is 0 Å². The van der Waals surface area contributed by atoms with Crippen molar-refractivity contribution in [2.45, 2.75) is 12.8 Å². The van der Waals surface area contributed by atoms with Gasteiger partial charge in [-0.15, -0.1) is 11.6 Å². The Bertz CT molecular complexity index is 317. The average Bonchev–Trinajstić information content (AvgIpc) is 2.15. The van der Waals surface area contributed by atoms with Gasteiger partial charge < -0.3 is 5.32 Å². The van der Waals surface area contributed by atoms with Gasteiger partial charge in [-0.1, -0.05) is 22.0 Å². The Kier molecular flexibility index (Phi) is 4.98. The third-order valence-corrected chi connectivity index (χ3v) is 2.41. The van der Waals surface area contributed by atoms with E-state index in [4.69, 9.17) is 11.6 Å². The summed E-state index contributed by atoms with van der Waals surface area (Å²) < 4.78 is 0.952. The summed E-state index contributed by atoms with van der Waals surface area (Å²) in [5.74, 6) is 0.523. The number of hydrogen-bond acceptors (Lipinski definition) is 1. The number of halogens is 2. The molecule has 4 heteroatoms. The van der Waals surface area contributed by atoms with Crippen LogP contribution in [0.1, 0.15) is 12.8 Å². The molecule has 2 nitrogen and oxygen atoms in total. The highest BCUT2D eigenvalue weighted by atomic mass is 79.9. The van der Waals surface area contributed by atoms with E-state index in [1.165, 1.54) is 0 Å². The van der Waals surface area contributed by atoms with E-state index in [2.05, 4.69) is 21.2 Å². The predicted octanol–water partition coefficient (Wildman–Crippen LogP) is 3.41. The van der Waals surface area contributed by atoms with Crippen LogP contribution in [0, 0.1) is 0 Å². The number of amides is 1. The Morgan fingerprint density at radius 1 is 1.50 bits per heavy atom. The molecule has 76 valence electrons. The van der Waals surface area contributed by atoms with E-state index in [-0.39, 0.29) is 5.91 Å². The molecular formula is C10H11BrClNO. The highest BCUT2D eigenvalue weighted by Crippen LogP contribution is 2.15. The van der Waals surface area contributed by atoms with E-state index in [1.54, 1.807) is 0 Å². The van der Waals surface area contributed by atoms with Crippen molar-refractivity contribution in [1.29, 1.82) is 0 Å². The van der Waals surface area contributed by atoms with Gasteiger partial charge in [-0.2, -0.15) is 0 Å². The molecule has 0 aliphatic carbocycles. The molecular weight excluding hydrogens is 265 g/mol. The quantitative estimate of drug-likeness (QED) is 0.839. The normalized spacial score (nSPS) is 9.86. The summed E-state index contributed by atoms with van der Waals surface area (Å²) in [7, 11) is 0. The minimum absolute atomic E-state index is 0.00347. The molecule has 1 N–H and O–H groups in total. The first-order valence-electron chi connectivity index (χ1n) is 4.34. The lowest BCUT2D eigenvalue weighted by molar-refractivity contribution is -0.116. The van der Waals surface area contributed by atoms with Gasteiger partial charge in [-0.3, -0.25) is 4.79 Å². The molecule has 1 aromatic rings. The minimum Gasteiger partial charge on any atom is -0.326 e. The highest BCUT2D eigenvalue weighted by Gasteiger charge is 2.01. The zero-order valence-electron chi connectivity index (χ0n) is 7.59. The summed E-state index contributed by atoms with van der Waals surface area (Å²) in [6.07, 6.45) is 1.18. The number of carbonyl (C=O) groups excluding carboxylic acids is 1. The summed E-state index contributed by atoms with van der Waals surface area (Å²) in [6.45, 7) is 0. The van der Waals surface area contributed by atoms with Crippen LogP contribution in [0.3, 0.4) is 0 Å². The first-order valence-corrected chi connectivity index (χ1v) is 5.66. The lowest BCUT2D eigenvalue weighted by atomic mass is 10.3. The van der Waals surface area contributed by atoms with Gasteiger partial charge in [0.1, 0.15) is 0 Å². The number of alkyl halides is 1. The molecule has 0 aliphatic heterocycles. The first-order chi connectivity index (χ1) is 6.72. The van der Waals surface area contributed by atoms with Gasteiger partial charge in [0.05, 0.1) is 0 Å². The van der Waals surface area contributed by atoms with Gasteiger partial charge in [0.25, 0.3) is 0 Å². The van der Waals surface area contributed by atoms with Gasteiger partial charge >= 0.3 is 0 Å². The van der Waals surface area contributed by atoms with Gasteiger partial charge in [0, 0.05) is 22.5 Å². The lowest BCUT2D eigenvalue weighted by Gasteiger charge is -2.04. The summed E-state index contributed by atoms with van der Waals surface area (Å²) in [6, 6.07) is 7.50. The summed E-state index contributed by atoms with van der Waals surface area (Å²) in [5, 5.41) is 2.79. The maximum atomic E-state index is 11.3. The summed E-state index contributed by atoms with van der Waals surface area (Å²) in [5.41, 5.74) is 0.805. The standard InChI is InChI=1S/C10H11BrClNO/c11-8-3-1-4-9(7-8)13-10(14)5-2-6-12/h1,3-4,7H,2,5-6H2,(H,13,14). The fraction of sp³-hybridized carbons (Fsp3) is 0.300. The van der Waals surface area contributed by atoms with Crippen molar-refractivity contribution < 1.29 is 4.79 Å². The highest BCUT2D eigenvalue weighted by molar-refractivity contribution is 9.10. The van der Waals surface area contributed by atoms with Crippen LogP contribution in [-0.2, 0) is 4.79 Å². The molecule has 0 radical (unpaired) electrons. The van der Waals surface area contributed by atoms with E-state index in [9.17, 15) is 4.79 Å². The SMILES string of the molecule is O=C(CCCCl)Nc1cccc(Br)c1. The van der Waals surface area contributed by atoms with Crippen molar-refractivity contribution in [3.05, 3.63) is 28.7 Å². The van der Waals surface area contributed by atoms with E-state index in [0.29, 0.717) is 18.7 Å². The number of anilines is 1. The molecule has 0 unspecified atom stereocenters. The molecule has 0 aliphatic rings. The maximum absolute atomic E-state index is 11.3. The Morgan fingerprint density at radius 3 is 2.93 bits per heavy atom. The third kappa shape index (κ3) is 4.11. The summed E-state index contributed by atoms with van der Waals surface area (Å²) in [4.78, 5) is 11.3. The Morgan fingerprint density at radius 2 is 2.29 bits per heavy atom. The Labute approximate surface area is 96.8 Å². The number of benzene rings is 1. The fourth-order valence-electron chi connectivity index (χ4n) is 1.02. The number of nitrogens with one attached hydrogen (secondary N) is 1. The first kappa shape index (κ1) is 11.5. The fourth-order valence-corrected chi connectivity index (χ4v) is 1.55. The van der Waals surface area contributed by atoms with Crippen molar-refractivity contribution in [1.82, 2.24) is 0 Å². The van der Waals surface area contributed by atoms with E-state index >= 15 is 0 Å². The van der Waals surface area contributed by atoms with E-state index < -0.39 is 0 Å². The smallest absolute Gasteiger partial charge is 0.224 e. The Balaban J connectivity index is 2.47. The number of rotatable bonds is 4. The largest absolute Gasteiger partial charge is 0.326 e. The maximum Gasteiger partial charge on any atom is 0.224 e. The molecule has 0 saturated carbocycles. The molecule has 0 bridgehead atoms.